The Bertz CT molecular complexity index is 1480. The summed E-state index contributed by atoms with van der Waals surface area (Å²) in [7, 11) is 1.57. The minimum Gasteiger partial charge on any atom is -0.493 e. The third-order valence-corrected chi connectivity index (χ3v) is 7.52. The van der Waals surface area contributed by atoms with Gasteiger partial charge in [0.15, 0.2) is 11.5 Å². The summed E-state index contributed by atoms with van der Waals surface area (Å²) in [5.41, 5.74) is 2.81. The summed E-state index contributed by atoms with van der Waals surface area (Å²) >= 11 is 13.4. The van der Waals surface area contributed by atoms with Gasteiger partial charge in [-0.2, -0.15) is 0 Å². The molecule has 1 heterocycles. The monoisotopic (exact) mass is 531 g/mol. The van der Waals surface area contributed by atoms with Crippen molar-refractivity contribution < 1.29 is 14.3 Å². The molecule has 0 aliphatic carbocycles. The number of amides is 1. The molecule has 1 saturated heterocycles. The Morgan fingerprint density at radius 1 is 1.00 bits per heavy atom. The quantitative estimate of drug-likeness (QED) is 0.182. The molecule has 7 heteroatoms. The van der Waals surface area contributed by atoms with Crippen LogP contribution < -0.4 is 9.47 Å². The van der Waals surface area contributed by atoms with Gasteiger partial charge in [0, 0.05) is 0 Å². The zero-order valence-electron chi connectivity index (χ0n) is 19.4. The molecule has 180 valence electrons. The number of nitrogens with zero attached hydrogens (tertiary/aromatic N) is 1. The van der Waals surface area contributed by atoms with Crippen LogP contribution in [-0.4, -0.2) is 22.2 Å². The molecule has 4 nitrogen and oxygen atoms in total. The van der Waals surface area contributed by atoms with E-state index < -0.39 is 0 Å². The Morgan fingerprint density at radius 2 is 1.75 bits per heavy atom. The van der Waals surface area contributed by atoms with E-state index in [-0.39, 0.29) is 5.91 Å². The molecule has 5 rings (SSSR count). The molecule has 0 unspecified atom stereocenters. The highest BCUT2D eigenvalue weighted by Gasteiger charge is 2.32. The molecule has 0 N–H and O–H groups in total. The van der Waals surface area contributed by atoms with Crippen molar-refractivity contribution in [2.24, 2.45) is 0 Å². The number of carbonyl (C=O) groups is 1. The summed E-state index contributed by atoms with van der Waals surface area (Å²) in [4.78, 5) is 15.2. The van der Waals surface area contributed by atoms with Crippen molar-refractivity contribution >= 4 is 62.7 Å². The molecule has 4 aromatic rings. The summed E-state index contributed by atoms with van der Waals surface area (Å²) in [5, 5.41) is 2.68. The van der Waals surface area contributed by atoms with Crippen LogP contribution >= 0.6 is 35.6 Å². The lowest BCUT2D eigenvalue weighted by molar-refractivity contribution is -0.122. The summed E-state index contributed by atoms with van der Waals surface area (Å²) < 4.78 is 12.2. The average Bonchev–Trinajstić information content (AvgIpc) is 3.15. The average molecular weight is 532 g/mol. The number of carbonyl (C=O) groups excluding carboxylic acids is 1. The number of ether oxygens (including phenoxy) is 2. The lowest BCUT2D eigenvalue weighted by atomic mass is 10.1. The van der Waals surface area contributed by atoms with Crippen LogP contribution in [0, 0.1) is 0 Å². The van der Waals surface area contributed by atoms with Crippen LogP contribution in [0.5, 0.6) is 11.5 Å². The van der Waals surface area contributed by atoms with E-state index in [0.29, 0.717) is 38.9 Å². The molecule has 1 aliphatic rings. The van der Waals surface area contributed by atoms with E-state index in [1.54, 1.807) is 24.2 Å². The number of benzene rings is 4. The lowest BCUT2D eigenvalue weighted by Crippen LogP contribution is -2.27. The minimum atomic E-state index is -0.125. The van der Waals surface area contributed by atoms with Crippen LogP contribution in [0.25, 0.3) is 16.8 Å². The van der Waals surface area contributed by atoms with E-state index in [0.717, 1.165) is 27.5 Å². The molecule has 36 heavy (non-hydrogen) atoms. The highest BCUT2D eigenvalue weighted by Crippen LogP contribution is 2.40. The second-order valence-corrected chi connectivity index (χ2v) is 10.3. The molecule has 1 amide bonds. The van der Waals surface area contributed by atoms with Gasteiger partial charge in [-0.1, -0.05) is 108 Å². The number of thioether (sulfide) groups is 1. The van der Waals surface area contributed by atoms with Gasteiger partial charge in [-0.3, -0.25) is 9.69 Å². The van der Waals surface area contributed by atoms with Gasteiger partial charge in [-0.25, -0.2) is 0 Å². The van der Waals surface area contributed by atoms with Gasteiger partial charge in [0.05, 0.1) is 23.6 Å². The molecule has 4 aromatic carbocycles. The van der Waals surface area contributed by atoms with E-state index in [1.807, 2.05) is 60.7 Å². The minimum absolute atomic E-state index is 0.125. The first-order valence-corrected chi connectivity index (χ1v) is 12.9. The van der Waals surface area contributed by atoms with E-state index in [9.17, 15) is 4.79 Å². The molecule has 0 saturated carbocycles. The largest absolute Gasteiger partial charge is 0.493 e. The molecular weight excluding hydrogens is 510 g/mol. The number of methoxy groups -OCH3 is 1. The Morgan fingerprint density at radius 3 is 2.56 bits per heavy atom. The molecule has 0 spiro atoms. The van der Waals surface area contributed by atoms with Crippen molar-refractivity contribution in [1.82, 2.24) is 4.90 Å². The van der Waals surface area contributed by atoms with Crippen LogP contribution in [0.2, 0.25) is 5.02 Å². The highest BCUT2D eigenvalue weighted by atomic mass is 35.5. The van der Waals surface area contributed by atoms with Crippen molar-refractivity contribution in [2.75, 3.05) is 7.11 Å². The third kappa shape index (κ3) is 5.12. The first kappa shape index (κ1) is 24.4. The van der Waals surface area contributed by atoms with Crippen LogP contribution in [0.1, 0.15) is 16.7 Å². The first-order valence-electron chi connectivity index (χ1n) is 11.3. The van der Waals surface area contributed by atoms with Crippen molar-refractivity contribution in [3.05, 3.63) is 112 Å². The second-order valence-electron chi connectivity index (χ2n) is 8.21. The number of rotatable bonds is 7. The smallest absolute Gasteiger partial charge is 0.266 e. The molecule has 0 atom stereocenters. The van der Waals surface area contributed by atoms with Crippen molar-refractivity contribution in [3.8, 4) is 11.5 Å². The van der Waals surface area contributed by atoms with Gasteiger partial charge >= 0.3 is 0 Å². The van der Waals surface area contributed by atoms with Gasteiger partial charge in [-0.05, 0) is 45.7 Å². The third-order valence-electron chi connectivity index (χ3n) is 5.86. The standard InChI is InChI=1S/C29H22ClNO3S2/c1-33-25-15-20(16-26-28(32)31(29(35)36-26)17-19-8-3-2-4-9-19)14-24(30)27(25)34-18-22-12-7-11-21-10-5-6-13-23(21)22/h2-16H,17-18H2,1H3/b26-16+. The fourth-order valence-corrected chi connectivity index (χ4v) is 5.61. The van der Waals surface area contributed by atoms with Crippen molar-refractivity contribution in [3.63, 3.8) is 0 Å². The summed E-state index contributed by atoms with van der Waals surface area (Å²) in [6, 6.07) is 27.7. The van der Waals surface area contributed by atoms with Gasteiger partial charge in [0.2, 0.25) is 0 Å². The predicted octanol–water partition coefficient (Wildman–Crippen LogP) is 7.48. The number of hydrogen-bond acceptors (Lipinski definition) is 5. The maximum Gasteiger partial charge on any atom is 0.266 e. The maximum atomic E-state index is 13.1. The van der Waals surface area contributed by atoms with E-state index in [2.05, 4.69) is 18.2 Å². The number of thiocarbonyl (C=S) groups is 1. The van der Waals surface area contributed by atoms with Crippen LogP contribution in [0.3, 0.4) is 0 Å². The summed E-state index contributed by atoms with van der Waals surface area (Å²) in [6.07, 6.45) is 1.78. The summed E-state index contributed by atoms with van der Waals surface area (Å²) in [6.45, 7) is 0.781. The Hall–Kier alpha value is -3.32. The molecule has 1 aliphatic heterocycles. The Kier molecular flexibility index (Phi) is 7.28. The fraction of sp³-hybridized carbons (Fsp3) is 0.103. The lowest BCUT2D eigenvalue weighted by Gasteiger charge is -2.15. The molecular formula is C29H22ClNO3S2. The molecule has 0 aromatic heterocycles. The first-order chi connectivity index (χ1) is 17.5. The van der Waals surface area contributed by atoms with Crippen LogP contribution in [0.4, 0.5) is 0 Å². The SMILES string of the molecule is COc1cc(/C=C2/SC(=S)N(Cc3ccccc3)C2=O)cc(Cl)c1OCc1cccc2ccccc12. The fourth-order valence-electron chi connectivity index (χ4n) is 4.09. The van der Waals surface area contributed by atoms with Gasteiger partial charge < -0.3 is 9.47 Å². The Labute approximate surface area is 224 Å². The molecule has 1 fully saturated rings. The zero-order chi connectivity index (χ0) is 25.1. The van der Waals surface area contributed by atoms with Crippen LogP contribution in [0.15, 0.2) is 89.8 Å². The zero-order valence-corrected chi connectivity index (χ0v) is 21.8. The van der Waals surface area contributed by atoms with Crippen molar-refractivity contribution in [1.29, 1.82) is 0 Å². The molecule has 0 bridgehead atoms. The van der Waals surface area contributed by atoms with Crippen LogP contribution in [-0.2, 0) is 17.9 Å². The normalized spacial score (nSPS) is 14.6. The van der Waals surface area contributed by atoms with Gasteiger partial charge in [-0.15, -0.1) is 0 Å². The Balaban J connectivity index is 1.37. The van der Waals surface area contributed by atoms with E-state index >= 15 is 0 Å². The number of fused-ring (bicyclic) bond motifs is 1. The summed E-state index contributed by atoms with van der Waals surface area (Å²) in [5.74, 6) is 0.829. The topological polar surface area (TPSA) is 38.8 Å². The number of hydrogen-bond donors (Lipinski definition) is 0. The second kappa shape index (κ2) is 10.7. The van der Waals surface area contributed by atoms with Crippen molar-refractivity contribution in [2.45, 2.75) is 13.2 Å². The predicted molar refractivity (Wildman–Crippen MR) is 151 cm³/mol. The number of halogens is 1. The molecule has 0 radical (unpaired) electrons. The van der Waals surface area contributed by atoms with Gasteiger partial charge in [0.1, 0.15) is 10.9 Å². The van der Waals surface area contributed by atoms with Gasteiger partial charge in [0.25, 0.3) is 5.91 Å². The van der Waals surface area contributed by atoms with E-state index in [1.165, 1.54) is 11.8 Å². The maximum absolute atomic E-state index is 13.1. The highest BCUT2D eigenvalue weighted by molar-refractivity contribution is 8.26. The van der Waals surface area contributed by atoms with E-state index in [4.69, 9.17) is 33.3 Å².